The van der Waals surface area contributed by atoms with Crippen molar-refractivity contribution in [1.82, 2.24) is 15.0 Å². The molecule has 0 atom stereocenters. The van der Waals surface area contributed by atoms with Crippen LogP contribution in [0.1, 0.15) is 12.8 Å². The Morgan fingerprint density at radius 2 is 1.77 bits per heavy atom. The summed E-state index contributed by atoms with van der Waals surface area (Å²) in [7, 11) is 0. The lowest BCUT2D eigenvalue weighted by molar-refractivity contribution is 0.502. The van der Waals surface area contributed by atoms with Gasteiger partial charge < -0.3 is 20.8 Å². The molecule has 5 rings (SSSR count). The number of aliphatic imine (C=N–C) groups is 1. The summed E-state index contributed by atoms with van der Waals surface area (Å²) in [4.78, 5) is 20.6. The Hall–Kier alpha value is -3.94. The van der Waals surface area contributed by atoms with Crippen LogP contribution in [0.15, 0.2) is 64.3 Å². The molecule has 8 nitrogen and oxygen atoms in total. The Labute approximate surface area is 179 Å². The first kappa shape index (κ1) is 19.0. The second kappa shape index (κ2) is 8.06. The standard InChI is InChI=1S/C23H23N7O/c24-8-1-9-26-17-6-10-30(11-7-17)22-14-27-18-4-2-15(12-19(18)28-22)16-3-5-21-20(13-16)29-23(25)31-21/h1-5,8-9,12-14,17H,6-7,10-11,24H2,(H2,25,29). The number of nitrogens with zero attached hydrogens (tertiary/aromatic N) is 5. The quantitative estimate of drug-likeness (QED) is 0.491. The van der Waals surface area contributed by atoms with E-state index in [1.807, 2.05) is 36.5 Å². The minimum atomic E-state index is 0.173. The number of hydrogen-bond acceptors (Lipinski definition) is 8. The topological polar surface area (TPSA) is 119 Å². The van der Waals surface area contributed by atoms with E-state index < -0.39 is 0 Å². The number of rotatable bonds is 4. The molecule has 31 heavy (non-hydrogen) atoms. The number of hydrogen-bond donors (Lipinski definition) is 2. The fourth-order valence-corrected chi connectivity index (χ4v) is 3.92. The first-order valence-corrected chi connectivity index (χ1v) is 10.3. The minimum absolute atomic E-state index is 0.173. The Morgan fingerprint density at radius 3 is 2.58 bits per heavy atom. The van der Waals surface area contributed by atoms with Gasteiger partial charge in [-0.3, -0.25) is 9.98 Å². The highest BCUT2D eigenvalue weighted by molar-refractivity contribution is 5.86. The summed E-state index contributed by atoms with van der Waals surface area (Å²) in [5.41, 5.74) is 16.2. The molecule has 0 spiro atoms. The third kappa shape index (κ3) is 3.92. The van der Waals surface area contributed by atoms with E-state index in [1.54, 1.807) is 12.3 Å². The van der Waals surface area contributed by atoms with Crippen LogP contribution in [0.2, 0.25) is 0 Å². The number of oxazole rings is 1. The molecule has 1 fully saturated rings. The summed E-state index contributed by atoms with van der Waals surface area (Å²) in [5.74, 6) is 0.897. The number of allylic oxidation sites excluding steroid dienone is 1. The molecular weight excluding hydrogens is 390 g/mol. The fourth-order valence-electron chi connectivity index (χ4n) is 3.92. The number of aromatic nitrogens is 3. The molecule has 3 heterocycles. The van der Waals surface area contributed by atoms with Crippen molar-refractivity contribution in [3.8, 4) is 11.1 Å². The highest BCUT2D eigenvalue weighted by Crippen LogP contribution is 2.28. The number of piperidine rings is 1. The summed E-state index contributed by atoms with van der Waals surface area (Å²) < 4.78 is 5.37. The molecule has 8 heteroatoms. The van der Waals surface area contributed by atoms with E-state index in [0.29, 0.717) is 11.6 Å². The van der Waals surface area contributed by atoms with Crippen LogP contribution in [0.5, 0.6) is 0 Å². The monoisotopic (exact) mass is 413 g/mol. The minimum Gasteiger partial charge on any atom is -0.424 e. The second-order valence-corrected chi connectivity index (χ2v) is 7.57. The molecular formula is C23H23N7O. The van der Waals surface area contributed by atoms with Gasteiger partial charge in [-0.25, -0.2) is 4.98 Å². The Bertz CT molecular complexity index is 1290. The van der Waals surface area contributed by atoms with Crippen molar-refractivity contribution in [3.63, 3.8) is 0 Å². The number of anilines is 2. The molecule has 156 valence electrons. The van der Waals surface area contributed by atoms with Gasteiger partial charge in [0.15, 0.2) is 5.58 Å². The van der Waals surface area contributed by atoms with Crippen LogP contribution >= 0.6 is 0 Å². The second-order valence-electron chi connectivity index (χ2n) is 7.57. The van der Waals surface area contributed by atoms with Crippen molar-refractivity contribution in [2.24, 2.45) is 10.7 Å². The SMILES string of the molecule is NC=CC=NC1CCN(c2cnc3ccc(-c4ccc5oc(N)nc5c4)cc3n2)CC1. The van der Waals surface area contributed by atoms with Gasteiger partial charge in [0.1, 0.15) is 11.3 Å². The lowest BCUT2D eigenvalue weighted by Gasteiger charge is -2.30. The number of nitrogen functional groups attached to an aromatic ring is 1. The van der Waals surface area contributed by atoms with E-state index in [2.05, 4.69) is 25.9 Å². The lowest BCUT2D eigenvalue weighted by atomic mass is 10.0. The summed E-state index contributed by atoms with van der Waals surface area (Å²) in [6.45, 7) is 1.80. The molecule has 2 aromatic carbocycles. The van der Waals surface area contributed by atoms with Crippen LogP contribution in [0.4, 0.5) is 11.8 Å². The van der Waals surface area contributed by atoms with Gasteiger partial charge in [-0.15, -0.1) is 0 Å². The van der Waals surface area contributed by atoms with E-state index in [4.69, 9.17) is 20.9 Å². The third-order valence-corrected chi connectivity index (χ3v) is 5.55. The zero-order valence-corrected chi connectivity index (χ0v) is 17.0. The molecule has 4 N–H and O–H groups in total. The van der Waals surface area contributed by atoms with Crippen LogP contribution in [0.3, 0.4) is 0 Å². The van der Waals surface area contributed by atoms with Crippen LogP contribution in [0, 0.1) is 0 Å². The highest BCUT2D eigenvalue weighted by Gasteiger charge is 2.19. The smallest absolute Gasteiger partial charge is 0.292 e. The predicted molar refractivity (Wildman–Crippen MR) is 124 cm³/mol. The van der Waals surface area contributed by atoms with Gasteiger partial charge in [0.05, 0.1) is 23.3 Å². The molecule has 0 aliphatic carbocycles. The van der Waals surface area contributed by atoms with E-state index in [1.165, 1.54) is 6.20 Å². The van der Waals surface area contributed by atoms with E-state index in [9.17, 15) is 0 Å². The first-order valence-electron chi connectivity index (χ1n) is 10.3. The van der Waals surface area contributed by atoms with Gasteiger partial charge in [-0.05, 0) is 60.5 Å². The largest absolute Gasteiger partial charge is 0.424 e. The normalized spacial score (nSPS) is 15.7. The molecule has 2 aromatic heterocycles. The van der Waals surface area contributed by atoms with Gasteiger partial charge in [0.25, 0.3) is 6.01 Å². The van der Waals surface area contributed by atoms with Crippen molar-refractivity contribution in [1.29, 1.82) is 0 Å². The molecule has 4 aromatic rings. The van der Waals surface area contributed by atoms with Crippen molar-refractivity contribution >= 4 is 40.2 Å². The Balaban J connectivity index is 1.39. The maximum absolute atomic E-state index is 5.66. The molecule has 0 amide bonds. The molecule has 0 unspecified atom stereocenters. The van der Waals surface area contributed by atoms with Gasteiger partial charge in [-0.1, -0.05) is 12.1 Å². The first-order chi connectivity index (χ1) is 15.2. The molecule has 1 saturated heterocycles. The molecule has 0 saturated carbocycles. The number of benzene rings is 2. The Morgan fingerprint density at radius 1 is 1.00 bits per heavy atom. The highest BCUT2D eigenvalue weighted by atomic mass is 16.4. The molecule has 0 bridgehead atoms. The van der Waals surface area contributed by atoms with E-state index >= 15 is 0 Å². The van der Waals surface area contributed by atoms with Gasteiger partial charge in [0.2, 0.25) is 0 Å². The van der Waals surface area contributed by atoms with Crippen LogP contribution < -0.4 is 16.4 Å². The fraction of sp³-hybridized carbons (Fsp3) is 0.217. The van der Waals surface area contributed by atoms with Crippen molar-refractivity contribution < 1.29 is 4.42 Å². The zero-order valence-electron chi connectivity index (χ0n) is 17.0. The predicted octanol–water partition coefficient (Wildman–Crippen LogP) is 3.53. The van der Waals surface area contributed by atoms with Crippen molar-refractivity contribution in [2.75, 3.05) is 23.7 Å². The lowest BCUT2D eigenvalue weighted by Crippen LogP contribution is -2.35. The zero-order chi connectivity index (χ0) is 21.2. The summed E-state index contributed by atoms with van der Waals surface area (Å²) >= 11 is 0. The Kier molecular flexibility index (Phi) is 4.95. The van der Waals surface area contributed by atoms with E-state index in [0.717, 1.165) is 59.4 Å². The summed E-state index contributed by atoms with van der Waals surface area (Å²) in [5, 5.41) is 0. The van der Waals surface area contributed by atoms with Crippen molar-refractivity contribution in [2.45, 2.75) is 18.9 Å². The molecule has 0 radical (unpaired) electrons. The van der Waals surface area contributed by atoms with Crippen LogP contribution in [-0.2, 0) is 0 Å². The maximum atomic E-state index is 5.66. The number of nitrogens with two attached hydrogens (primary N) is 2. The summed E-state index contributed by atoms with van der Waals surface area (Å²) in [6, 6.07) is 12.5. The third-order valence-electron chi connectivity index (χ3n) is 5.55. The van der Waals surface area contributed by atoms with E-state index in [-0.39, 0.29) is 6.01 Å². The van der Waals surface area contributed by atoms with Gasteiger partial charge >= 0.3 is 0 Å². The van der Waals surface area contributed by atoms with Gasteiger partial charge in [-0.2, -0.15) is 4.98 Å². The summed E-state index contributed by atoms with van der Waals surface area (Å²) in [6.07, 6.45) is 8.85. The average Bonchev–Trinajstić information content (AvgIpc) is 3.18. The number of fused-ring (bicyclic) bond motifs is 2. The van der Waals surface area contributed by atoms with Gasteiger partial charge in [0, 0.05) is 19.3 Å². The average molecular weight is 413 g/mol. The van der Waals surface area contributed by atoms with Crippen molar-refractivity contribution in [3.05, 3.63) is 54.9 Å². The molecule has 1 aliphatic rings. The maximum Gasteiger partial charge on any atom is 0.292 e. The van der Waals surface area contributed by atoms with Crippen LogP contribution in [0.25, 0.3) is 33.3 Å². The van der Waals surface area contributed by atoms with Crippen LogP contribution in [-0.4, -0.2) is 40.3 Å². The molecule has 1 aliphatic heterocycles.